The van der Waals surface area contributed by atoms with Gasteiger partial charge in [-0.15, -0.1) is 11.8 Å². The van der Waals surface area contributed by atoms with Crippen molar-refractivity contribution in [2.24, 2.45) is 0 Å². The monoisotopic (exact) mass is 378 g/mol. The van der Waals surface area contributed by atoms with Gasteiger partial charge in [0.25, 0.3) is 5.91 Å². The van der Waals surface area contributed by atoms with Crippen LogP contribution in [0.2, 0.25) is 5.02 Å². The van der Waals surface area contributed by atoms with Gasteiger partial charge in [0.1, 0.15) is 0 Å². The Labute approximate surface area is 155 Å². The predicted molar refractivity (Wildman–Crippen MR) is 98.0 cm³/mol. The molecule has 2 aromatic rings. The second kappa shape index (κ2) is 8.45. The first-order chi connectivity index (χ1) is 12.1. The van der Waals surface area contributed by atoms with E-state index in [1.807, 2.05) is 24.3 Å². The summed E-state index contributed by atoms with van der Waals surface area (Å²) in [6, 6.07) is 11.0. The third kappa shape index (κ3) is 4.80. The van der Waals surface area contributed by atoms with Gasteiger partial charge in [0.05, 0.1) is 17.0 Å². The van der Waals surface area contributed by atoms with Gasteiger partial charge in [-0.2, -0.15) is 0 Å². The normalized spacial score (nSPS) is 15.2. The van der Waals surface area contributed by atoms with E-state index < -0.39 is 0 Å². The van der Waals surface area contributed by atoms with Crippen molar-refractivity contribution in [1.82, 2.24) is 10.2 Å². The molecule has 0 spiro atoms. The van der Waals surface area contributed by atoms with Crippen LogP contribution in [0.1, 0.15) is 23.4 Å². The van der Waals surface area contributed by atoms with Crippen LogP contribution in [-0.4, -0.2) is 41.6 Å². The zero-order chi connectivity index (χ0) is 17.6. The third-order valence-electron chi connectivity index (χ3n) is 4.07. The van der Waals surface area contributed by atoms with Crippen LogP contribution in [0.4, 0.5) is 0 Å². The molecule has 1 aliphatic rings. The number of thioether (sulfide) groups is 1. The Morgan fingerprint density at radius 1 is 1.20 bits per heavy atom. The Bertz CT molecular complexity index is 728. The van der Waals surface area contributed by atoms with Gasteiger partial charge in [-0.25, -0.2) is 0 Å². The Balaban J connectivity index is 1.42. The topological polar surface area (TPSA) is 62.6 Å². The highest BCUT2D eigenvalue weighted by Crippen LogP contribution is 2.26. The number of carbonyl (C=O) groups is 2. The van der Waals surface area contributed by atoms with Crippen LogP contribution in [0.15, 0.2) is 52.0 Å². The van der Waals surface area contributed by atoms with Crippen LogP contribution in [0.5, 0.6) is 0 Å². The highest BCUT2D eigenvalue weighted by atomic mass is 35.5. The Kier molecular flexibility index (Phi) is 6.04. The van der Waals surface area contributed by atoms with Crippen molar-refractivity contribution in [1.29, 1.82) is 0 Å². The van der Waals surface area contributed by atoms with Crippen molar-refractivity contribution >= 4 is 35.2 Å². The van der Waals surface area contributed by atoms with Gasteiger partial charge in [-0.3, -0.25) is 9.59 Å². The molecule has 0 aliphatic carbocycles. The molecule has 0 saturated carbocycles. The SMILES string of the molecule is O=C(CSc1ccccc1Cl)NC1CCN(C(=O)c2ccco2)CC1. The van der Waals surface area contributed by atoms with E-state index in [0.29, 0.717) is 29.6 Å². The Morgan fingerprint density at radius 2 is 1.96 bits per heavy atom. The molecule has 1 N–H and O–H groups in total. The summed E-state index contributed by atoms with van der Waals surface area (Å²) in [5, 5.41) is 3.70. The maximum absolute atomic E-state index is 12.2. The van der Waals surface area contributed by atoms with E-state index in [1.54, 1.807) is 17.0 Å². The first-order valence-corrected chi connectivity index (χ1v) is 9.49. The van der Waals surface area contributed by atoms with Crippen molar-refractivity contribution < 1.29 is 14.0 Å². The molecule has 132 valence electrons. The van der Waals surface area contributed by atoms with Gasteiger partial charge in [-0.05, 0) is 37.1 Å². The van der Waals surface area contributed by atoms with E-state index in [4.69, 9.17) is 16.0 Å². The average molecular weight is 379 g/mol. The second-order valence-electron chi connectivity index (χ2n) is 5.83. The number of piperidine rings is 1. The molecule has 0 bridgehead atoms. The van der Waals surface area contributed by atoms with Crippen molar-refractivity contribution in [3.63, 3.8) is 0 Å². The number of furan rings is 1. The van der Waals surface area contributed by atoms with Crippen LogP contribution in [0.25, 0.3) is 0 Å². The molecule has 1 saturated heterocycles. The number of rotatable bonds is 5. The van der Waals surface area contributed by atoms with E-state index in [0.717, 1.165) is 17.7 Å². The highest BCUT2D eigenvalue weighted by Gasteiger charge is 2.25. The largest absolute Gasteiger partial charge is 0.459 e. The van der Waals surface area contributed by atoms with E-state index >= 15 is 0 Å². The lowest BCUT2D eigenvalue weighted by Gasteiger charge is -2.31. The molecule has 3 rings (SSSR count). The molecule has 1 aromatic heterocycles. The zero-order valence-corrected chi connectivity index (χ0v) is 15.2. The summed E-state index contributed by atoms with van der Waals surface area (Å²) in [4.78, 5) is 27.0. The van der Waals surface area contributed by atoms with Gasteiger partial charge < -0.3 is 14.6 Å². The minimum atomic E-state index is -0.0935. The number of carbonyl (C=O) groups excluding carboxylic acids is 2. The van der Waals surface area contributed by atoms with Crippen molar-refractivity contribution in [3.05, 3.63) is 53.4 Å². The molecule has 0 unspecified atom stereocenters. The van der Waals surface area contributed by atoms with Crippen LogP contribution in [0, 0.1) is 0 Å². The van der Waals surface area contributed by atoms with Gasteiger partial charge in [0.2, 0.25) is 5.91 Å². The third-order valence-corrected chi connectivity index (χ3v) is 5.59. The number of halogens is 1. The molecule has 1 aliphatic heterocycles. The minimum absolute atomic E-state index is 0.0132. The summed E-state index contributed by atoms with van der Waals surface area (Å²) in [5.41, 5.74) is 0. The number of nitrogens with one attached hydrogen (secondary N) is 1. The molecule has 0 atom stereocenters. The fraction of sp³-hybridized carbons (Fsp3) is 0.333. The van der Waals surface area contributed by atoms with Gasteiger partial charge in [-0.1, -0.05) is 23.7 Å². The summed E-state index contributed by atoms with van der Waals surface area (Å²) in [6.07, 6.45) is 2.99. The number of benzene rings is 1. The summed E-state index contributed by atoms with van der Waals surface area (Å²) >= 11 is 7.52. The fourth-order valence-electron chi connectivity index (χ4n) is 2.76. The first kappa shape index (κ1) is 17.9. The molecule has 2 heterocycles. The molecule has 2 amide bonds. The number of hydrogen-bond acceptors (Lipinski definition) is 4. The van der Waals surface area contributed by atoms with E-state index in [9.17, 15) is 9.59 Å². The standard InChI is InChI=1S/C18H19ClN2O3S/c19-14-4-1-2-6-16(14)25-12-17(22)20-13-7-9-21(10-8-13)18(23)15-5-3-11-24-15/h1-6,11,13H,7-10,12H2,(H,20,22). The van der Waals surface area contributed by atoms with Crippen LogP contribution in [0.3, 0.4) is 0 Å². The van der Waals surface area contributed by atoms with Crippen molar-refractivity contribution in [2.75, 3.05) is 18.8 Å². The van der Waals surface area contributed by atoms with Crippen LogP contribution < -0.4 is 5.32 Å². The summed E-state index contributed by atoms with van der Waals surface area (Å²) in [5.74, 6) is 0.582. The van der Waals surface area contributed by atoms with Crippen LogP contribution >= 0.6 is 23.4 Å². The quantitative estimate of drug-likeness (QED) is 0.809. The number of amides is 2. The van der Waals surface area contributed by atoms with Gasteiger partial charge in [0.15, 0.2) is 5.76 Å². The summed E-state index contributed by atoms with van der Waals surface area (Å²) < 4.78 is 5.15. The lowest BCUT2D eigenvalue weighted by Crippen LogP contribution is -2.46. The summed E-state index contributed by atoms with van der Waals surface area (Å²) in [7, 11) is 0. The molecule has 1 aromatic carbocycles. The molecule has 5 nitrogen and oxygen atoms in total. The lowest BCUT2D eigenvalue weighted by atomic mass is 10.0. The highest BCUT2D eigenvalue weighted by molar-refractivity contribution is 8.00. The van der Waals surface area contributed by atoms with Gasteiger partial charge >= 0.3 is 0 Å². The maximum atomic E-state index is 12.2. The average Bonchev–Trinajstić information content (AvgIpc) is 3.16. The van der Waals surface area contributed by atoms with Gasteiger partial charge in [0, 0.05) is 24.0 Å². The maximum Gasteiger partial charge on any atom is 0.289 e. The number of likely N-dealkylation sites (tertiary alicyclic amines) is 1. The number of nitrogens with zero attached hydrogens (tertiary/aromatic N) is 1. The smallest absolute Gasteiger partial charge is 0.289 e. The van der Waals surface area contributed by atoms with E-state index in [2.05, 4.69) is 5.32 Å². The first-order valence-electron chi connectivity index (χ1n) is 8.13. The van der Waals surface area contributed by atoms with Crippen LogP contribution in [-0.2, 0) is 4.79 Å². The minimum Gasteiger partial charge on any atom is -0.459 e. The summed E-state index contributed by atoms with van der Waals surface area (Å²) in [6.45, 7) is 1.23. The van der Waals surface area contributed by atoms with E-state index in [-0.39, 0.29) is 17.9 Å². The molecular weight excluding hydrogens is 360 g/mol. The second-order valence-corrected chi connectivity index (χ2v) is 7.25. The Morgan fingerprint density at radius 3 is 2.64 bits per heavy atom. The van der Waals surface area contributed by atoms with Crippen molar-refractivity contribution in [2.45, 2.75) is 23.8 Å². The van der Waals surface area contributed by atoms with E-state index in [1.165, 1.54) is 18.0 Å². The molecule has 7 heteroatoms. The number of hydrogen-bond donors (Lipinski definition) is 1. The molecule has 0 radical (unpaired) electrons. The molecule has 25 heavy (non-hydrogen) atoms. The van der Waals surface area contributed by atoms with Crippen molar-refractivity contribution in [3.8, 4) is 0 Å². The molecule has 1 fully saturated rings. The zero-order valence-electron chi connectivity index (χ0n) is 13.6. The Hall–Kier alpha value is -1.92. The predicted octanol–water partition coefficient (Wildman–Crippen LogP) is 3.45. The fourth-order valence-corrected chi connectivity index (χ4v) is 3.81. The molecular formula is C18H19ClN2O3S. The lowest BCUT2D eigenvalue weighted by molar-refractivity contribution is -0.119.